The van der Waals surface area contributed by atoms with Crippen molar-refractivity contribution in [2.24, 2.45) is 5.92 Å². The van der Waals surface area contributed by atoms with Crippen LogP contribution in [0, 0.1) is 12.8 Å². The third-order valence-electron chi connectivity index (χ3n) is 4.05. The van der Waals surface area contributed by atoms with Gasteiger partial charge < -0.3 is 14.6 Å². The molecule has 9 heteroatoms. The SMILES string of the molecule is CNCC1CCN(C(=O)c2cc(S(=O)(=O)NC)oc2C)CC1.Cl. The Morgan fingerprint density at radius 1 is 1.35 bits per heavy atom. The number of halogens is 1. The molecule has 0 aliphatic carbocycles. The molecule has 2 N–H and O–H groups in total. The van der Waals surface area contributed by atoms with Crippen molar-refractivity contribution in [1.29, 1.82) is 0 Å². The topological polar surface area (TPSA) is 91.7 Å². The predicted octanol–water partition coefficient (Wildman–Crippen LogP) is 0.990. The molecule has 2 rings (SSSR count). The van der Waals surface area contributed by atoms with Crippen LogP contribution in [0.5, 0.6) is 0 Å². The van der Waals surface area contributed by atoms with Gasteiger partial charge in [0.2, 0.25) is 5.09 Å². The summed E-state index contributed by atoms with van der Waals surface area (Å²) in [5.74, 6) is 0.748. The third kappa shape index (κ3) is 4.47. The van der Waals surface area contributed by atoms with E-state index in [9.17, 15) is 13.2 Å². The van der Waals surface area contributed by atoms with Gasteiger partial charge in [-0.15, -0.1) is 12.4 Å². The summed E-state index contributed by atoms with van der Waals surface area (Å²) in [5.41, 5.74) is 0.320. The smallest absolute Gasteiger partial charge is 0.273 e. The van der Waals surface area contributed by atoms with Crippen LogP contribution >= 0.6 is 12.4 Å². The molecule has 0 spiro atoms. The van der Waals surface area contributed by atoms with E-state index in [1.165, 1.54) is 13.1 Å². The van der Waals surface area contributed by atoms with E-state index in [-0.39, 0.29) is 23.4 Å². The van der Waals surface area contributed by atoms with Crippen LogP contribution in [-0.4, -0.2) is 53.0 Å². The Bertz CT molecular complexity index is 636. The number of likely N-dealkylation sites (tertiary alicyclic amines) is 1. The van der Waals surface area contributed by atoms with E-state index in [4.69, 9.17) is 4.42 Å². The number of rotatable bonds is 5. The van der Waals surface area contributed by atoms with E-state index in [1.54, 1.807) is 11.8 Å². The average molecular weight is 366 g/mol. The van der Waals surface area contributed by atoms with Crippen molar-refractivity contribution in [2.75, 3.05) is 33.7 Å². The second-order valence-electron chi connectivity index (χ2n) is 5.54. The summed E-state index contributed by atoms with van der Waals surface area (Å²) in [6.45, 7) is 3.93. The highest BCUT2D eigenvalue weighted by Gasteiger charge is 2.28. The average Bonchev–Trinajstić information content (AvgIpc) is 2.90. The van der Waals surface area contributed by atoms with Crippen LogP contribution in [0.3, 0.4) is 0 Å². The highest BCUT2D eigenvalue weighted by molar-refractivity contribution is 7.89. The van der Waals surface area contributed by atoms with Crippen LogP contribution in [0.4, 0.5) is 0 Å². The number of furan rings is 1. The number of amides is 1. The van der Waals surface area contributed by atoms with E-state index >= 15 is 0 Å². The number of piperidine rings is 1. The standard InChI is InChI=1S/C14H23N3O4S.ClH/c1-10-12(8-13(21-10)22(19,20)16-3)14(18)17-6-4-11(5-7-17)9-15-2;/h8,11,15-16H,4-7,9H2,1-3H3;1H. The van der Waals surface area contributed by atoms with Gasteiger partial charge in [-0.25, -0.2) is 13.1 Å². The number of carbonyl (C=O) groups excluding carboxylic acids is 1. The molecule has 1 aliphatic rings. The summed E-state index contributed by atoms with van der Waals surface area (Å²) < 4.78 is 30.9. The Balaban J connectivity index is 0.00000264. The third-order valence-corrected chi connectivity index (χ3v) is 5.32. The number of aryl methyl sites for hydroxylation is 1. The predicted molar refractivity (Wildman–Crippen MR) is 89.5 cm³/mol. The zero-order valence-electron chi connectivity index (χ0n) is 13.6. The number of hydrogen-bond acceptors (Lipinski definition) is 5. The molecule has 1 aliphatic heterocycles. The second-order valence-corrected chi connectivity index (χ2v) is 7.35. The van der Waals surface area contributed by atoms with Gasteiger partial charge in [0.05, 0.1) is 5.56 Å². The van der Waals surface area contributed by atoms with Crippen LogP contribution in [0.15, 0.2) is 15.6 Å². The minimum absolute atomic E-state index is 0. The molecule has 1 saturated heterocycles. The van der Waals surface area contributed by atoms with Crippen molar-refractivity contribution in [2.45, 2.75) is 24.9 Å². The Labute approximate surface area is 143 Å². The molecule has 1 aromatic rings. The van der Waals surface area contributed by atoms with Crippen molar-refractivity contribution in [3.05, 3.63) is 17.4 Å². The lowest BCUT2D eigenvalue weighted by Gasteiger charge is -2.31. The molecule has 2 heterocycles. The molecule has 0 atom stereocenters. The number of hydrogen-bond donors (Lipinski definition) is 2. The molecule has 0 unspecified atom stereocenters. The summed E-state index contributed by atoms with van der Waals surface area (Å²) >= 11 is 0. The molecule has 0 radical (unpaired) electrons. The molecule has 1 fully saturated rings. The molecule has 132 valence electrons. The molecule has 1 aromatic heterocycles. The van der Waals surface area contributed by atoms with Crippen LogP contribution in [0.1, 0.15) is 29.0 Å². The van der Waals surface area contributed by atoms with Gasteiger partial charge in [0.15, 0.2) is 0 Å². The van der Waals surface area contributed by atoms with Crippen molar-refractivity contribution in [3.63, 3.8) is 0 Å². The Hall–Kier alpha value is -1.09. The van der Waals surface area contributed by atoms with Crippen LogP contribution in [0.25, 0.3) is 0 Å². The fourth-order valence-corrected chi connectivity index (χ4v) is 3.41. The lowest BCUT2D eigenvalue weighted by Crippen LogP contribution is -2.40. The lowest BCUT2D eigenvalue weighted by molar-refractivity contribution is 0.0689. The van der Waals surface area contributed by atoms with Crippen LogP contribution < -0.4 is 10.0 Å². The molecule has 0 bridgehead atoms. The maximum Gasteiger partial charge on any atom is 0.273 e. The fourth-order valence-electron chi connectivity index (χ4n) is 2.70. The van der Waals surface area contributed by atoms with Crippen LogP contribution in [0.2, 0.25) is 0 Å². The molecule has 7 nitrogen and oxygen atoms in total. The molecular weight excluding hydrogens is 342 g/mol. The number of nitrogens with one attached hydrogen (secondary N) is 2. The van der Waals surface area contributed by atoms with Gasteiger partial charge in [-0.05, 0) is 46.3 Å². The van der Waals surface area contributed by atoms with Gasteiger partial charge in [0.1, 0.15) is 5.76 Å². The van der Waals surface area contributed by atoms with Crippen molar-refractivity contribution in [1.82, 2.24) is 14.9 Å². The first-order valence-electron chi connectivity index (χ1n) is 7.37. The summed E-state index contributed by atoms with van der Waals surface area (Å²) in [5, 5.41) is 2.94. The monoisotopic (exact) mass is 365 g/mol. The summed E-state index contributed by atoms with van der Waals surface area (Å²) in [7, 11) is -0.442. The quantitative estimate of drug-likeness (QED) is 0.811. The number of nitrogens with zero attached hydrogens (tertiary/aromatic N) is 1. The molecular formula is C14H24ClN3O4S. The first kappa shape index (κ1) is 20.0. The summed E-state index contributed by atoms with van der Waals surface area (Å²) in [4.78, 5) is 14.3. The van der Waals surface area contributed by atoms with Gasteiger partial charge in [-0.3, -0.25) is 4.79 Å². The number of carbonyl (C=O) groups is 1. The van der Waals surface area contributed by atoms with E-state index in [2.05, 4.69) is 10.0 Å². The summed E-state index contributed by atoms with van der Waals surface area (Å²) in [6.07, 6.45) is 1.90. The first-order valence-corrected chi connectivity index (χ1v) is 8.85. The highest BCUT2D eigenvalue weighted by Crippen LogP contribution is 2.23. The maximum atomic E-state index is 12.5. The largest absolute Gasteiger partial charge is 0.448 e. The van der Waals surface area contributed by atoms with E-state index in [1.807, 2.05) is 7.05 Å². The Morgan fingerprint density at radius 2 is 1.96 bits per heavy atom. The van der Waals surface area contributed by atoms with Crippen LogP contribution in [-0.2, 0) is 10.0 Å². The van der Waals surface area contributed by atoms with E-state index in [0.29, 0.717) is 30.3 Å². The Morgan fingerprint density at radius 3 is 2.48 bits per heavy atom. The molecule has 1 amide bonds. The first-order chi connectivity index (χ1) is 10.4. The highest BCUT2D eigenvalue weighted by atomic mass is 35.5. The zero-order chi connectivity index (χ0) is 16.3. The van der Waals surface area contributed by atoms with Gasteiger partial charge >= 0.3 is 0 Å². The lowest BCUT2D eigenvalue weighted by atomic mass is 9.96. The maximum absolute atomic E-state index is 12.5. The molecule has 23 heavy (non-hydrogen) atoms. The van der Waals surface area contributed by atoms with Crippen molar-refractivity contribution >= 4 is 28.3 Å². The minimum atomic E-state index is -3.68. The van der Waals surface area contributed by atoms with E-state index in [0.717, 1.165) is 19.4 Å². The minimum Gasteiger partial charge on any atom is -0.448 e. The normalized spacial score (nSPS) is 16.2. The van der Waals surface area contributed by atoms with Gasteiger partial charge in [0, 0.05) is 19.2 Å². The fraction of sp³-hybridized carbons (Fsp3) is 0.643. The van der Waals surface area contributed by atoms with Crippen molar-refractivity contribution in [3.8, 4) is 0 Å². The molecule has 0 aromatic carbocycles. The van der Waals surface area contributed by atoms with Gasteiger partial charge in [0.25, 0.3) is 15.9 Å². The number of sulfonamides is 1. The second kappa shape index (κ2) is 8.14. The zero-order valence-corrected chi connectivity index (χ0v) is 15.2. The van der Waals surface area contributed by atoms with E-state index < -0.39 is 10.0 Å². The Kier molecular flexibility index (Phi) is 7.06. The molecule has 0 saturated carbocycles. The van der Waals surface area contributed by atoms with Gasteiger partial charge in [-0.1, -0.05) is 0 Å². The van der Waals surface area contributed by atoms with Crippen molar-refractivity contribution < 1.29 is 17.6 Å². The van der Waals surface area contributed by atoms with Gasteiger partial charge in [-0.2, -0.15) is 0 Å². The summed E-state index contributed by atoms with van der Waals surface area (Å²) in [6, 6.07) is 1.31.